The van der Waals surface area contributed by atoms with Gasteiger partial charge in [-0.05, 0) is 69.8 Å². The minimum atomic E-state index is -0.511. The third-order valence-electron chi connectivity index (χ3n) is 9.79. The summed E-state index contributed by atoms with van der Waals surface area (Å²) in [5.41, 5.74) is 1.79. The molecule has 0 amide bonds. The normalized spacial score (nSPS) is 23.4. The second-order valence-electron chi connectivity index (χ2n) is 12.1. The van der Waals surface area contributed by atoms with Crippen molar-refractivity contribution in [1.82, 2.24) is 25.2 Å². The number of halogens is 2. The Labute approximate surface area is 237 Å². The van der Waals surface area contributed by atoms with Crippen LogP contribution in [0.3, 0.4) is 0 Å². The molecular weight excluding hydrogens is 522 g/mol. The Morgan fingerprint density at radius 3 is 2.56 bits per heavy atom. The summed E-state index contributed by atoms with van der Waals surface area (Å²) in [4.78, 5) is 17.5. The smallest absolute Gasteiger partial charge is 0.319 e. The Morgan fingerprint density at radius 2 is 1.80 bits per heavy atom. The highest BCUT2D eigenvalue weighted by Gasteiger charge is 2.45. The number of anilines is 1. The lowest BCUT2D eigenvalue weighted by Crippen LogP contribution is -2.51. The number of ether oxygens (including phenoxy) is 1. The van der Waals surface area contributed by atoms with Gasteiger partial charge in [0.1, 0.15) is 23.8 Å². The molecule has 6 heterocycles. The molecule has 4 aromatic rings. The standard InChI is InChI=1S/C32H32F2N6O/c1-2-21-25(33)9-10-26-27(21)24(15-35-26)22-7-8-23-29(28(22)34)37-31(41-18-32-11-3-13-40(32)14-4-12-32)38-30(23)39-16-19-5-6-20(17-39)36-19/h1,7-10,15,19-20,35-36H,3-6,11-14,16-18H2. The lowest BCUT2D eigenvalue weighted by molar-refractivity contribution is 0.108. The van der Waals surface area contributed by atoms with Crippen molar-refractivity contribution in [2.45, 2.75) is 56.1 Å². The predicted octanol–water partition coefficient (Wildman–Crippen LogP) is 4.99. The van der Waals surface area contributed by atoms with E-state index in [1.165, 1.54) is 18.9 Å². The van der Waals surface area contributed by atoms with E-state index in [-0.39, 0.29) is 22.6 Å². The fraction of sp³-hybridized carbons (Fsp3) is 0.438. The highest BCUT2D eigenvalue weighted by atomic mass is 19.1. The van der Waals surface area contributed by atoms with Crippen LogP contribution in [0.15, 0.2) is 30.5 Å². The van der Waals surface area contributed by atoms with Crippen LogP contribution in [-0.4, -0.2) is 70.3 Å². The van der Waals surface area contributed by atoms with Crippen LogP contribution in [0.2, 0.25) is 0 Å². The van der Waals surface area contributed by atoms with Gasteiger partial charge in [0.25, 0.3) is 0 Å². The fourth-order valence-corrected chi connectivity index (χ4v) is 7.82. The molecule has 4 saturated heterocycles. The molecule has 8 rings (SSSR count). The first-order valence-electron chi connectivity index (χ1n) is 14.7. The van der Waals surface area contributed by atoms with Crippen molar-refractivity contribution in [2.24, 2.45) is 0 Å². The van der Waals surface area contributed by atoms with Crippen LogP contribution in [0.4, 0.5) is 14.6 Å². The summed E-state index contributed by atoms with van der Waals surface area (Å²) in [5.74, 6) is 2.14. The molecule has 0 saturated carbocycles. The van der Waals surface area contributed by atoms with Crippen molar-refractivity contribution in [2.75, 3.05) is 37.7 Å². The van der Waals surface area contributed by atoms with Crippen LogP contribution in [0.5, 0.6) is 6.01 Å². The second kappa shape index (κ2) is 9.40. The molecule has 9 heteroatoms. The van der Waals surface area contributed by atoms with E-state index in [0.29, 0.717) is 51.9 Å². The van der Waals surface area contributed by atoms with Gasteiger partial charge in [-0.25, -0.2) is 8.78 Å². The van der Waals surface area contributed by atoms with Gasteiger partial charge in [-0.15, -0.1) is 6.42 Å². The molecular formula is C32H32F2N6O. The molecule has 4 aliphatic heterocycles. The van der Waals surface area contributed by atoms with E-state index in [4.69, 9.17) is 16.1 Å². The molecule has 4 aliphatic rings. The zero-order valence-corrected chi connectivity index (χ0v) is 22.9. The lowest BCUT2D eigenvalue weighted by atomic mass is 9.95. The number of H-pyrrole nitrogens is 1. The molecule has 0 radical (unpaired) electrons. The van der Waals surface area contributed by atoms with Gasteiger partial charge >= 0.3 is 6.01 Å². The van der Waals surface area contributed by atoms with Gasteiger partial charge in [0.05, 0.1) is 11.1 Å². The number of hydrogen-bond donors (Lipinski definition) is 2. The maximum atomic E-state index is 16.6. The molecule has 2 bridgehead atoms. The van der Waals surface area contributed by atoms with E-state index in [2.05, 4.69) is 31.0 Å². The van der Waals surface area contributed by atoms with Gasteiger partial charge in [0.2, 0.25) is 0 Å². The first kappa shape index (κ1) is 25.0. The maximum Gasteiger partial charge on any atom is 0.319 e. The van der Waals surface area contributed by atoms with Crippen LogP contribution < -0.4 is 15.0 Å². The van der Waals surface area contributed by atoms with Gasteiger partial charge in [-0.3, -0.25) is 4.90 Å². The van der Waals surface area contributed by atoms with Gasteiger partial charge in [0, 0.05) is 58.8 Å². The number of aromatic amines is 1. The average Bonchev–Trinajstić information content (AvgIpc) is 3.75. The molecule has 0 aliphatic carbocycles. The van der Waals surface area contributed by atoms with E-state index in [1.54, 1.807) is 18.3 Å². The minimum absolute atomic E-state index is 0.0206. The summed E-state index contributed by atoms with van der Waals surface area (Å²) in [6, 6.07) is 7.53. The number of benzene rings is 2. The Hall–Kier alpha value is -3.74. The molecule has 2 N–H and O–H groups in total. The Morgan fingerprint density at radius 1 is 1.02 bits per heavy atom. The lowest BCUT2D eigenvalue weighted by Gasteiger charge is -2.34. The molecule has 7 nitrogen and oxygen atoms in total. The topological polar surface area (TPSA) is 69.3 Å². The monoisotopic (exact) mass is 554 g/mol. The zero-order chi connectivity index (χ0) is 27.7. The number of nitrogens with one attached hydrogen (secondary N) is 2. The summed E-state index contributed by atoms with van der Waals surface area (Å²) in [5, 5.41) is 4.79. The SMILES string of the molecule is C#Cc1c(F)ccc2[nH]cc(-c3ccc4c(N5CC6CCC(C5)N6)nc(OCC56CCCN5CCC6)nc4c3F)c12. The van der Waals surface area contributed by atoms with Crippen molar-refractivity contribution in [1.29, 1.82) is 0 Å². The summed E-state index contributed by atoms with van der Waals surface area (Å²) in [7, 11) is 0. The van der Waals surface area contributed by atoms with Crippen LogP contribution in [0, 0.1) is 24.0 Å². The number of hydrogen-bond acceptors (Lipinski definition) is 6. The molecule has 41 heavy (non-hydrogen) atoms. The number of fused-ring (bicyclic) bond motifs is 5. The highest BCUT2D eigenvalue weighted by molar-refractivity contribution is 6.02. The number of nitrogens with zero attached hydrogens (tertiary/aromatic N) is 4. The summed E-state index contributed by atoms with van der Waals surface area (Å²) in [6.45, 7) is 4.30. The van der Waals surface area contributed by atoms with Crippen LogP contribution >= 0.6 is 0 Å². The van der Waals surface area contributed by atoms with Crippen molar-refractivity contribution in [3.63, 3.8) is 0 Å². The molecule has 2 unspecified atom stereocenters. The van der Waals surface area contributed by atoms with E-state index < -0.39 is 11.6 Å². The Kier molecular flexibility index (Phi) is 5.73. The quantitative estimate of drug-likeness (QED) is 0.339. The Bertz CT molecular complexity index is 1710. The largest absolute Gasteiger partial charge is 0.461 e. The van der Waals surface area contributed by atoms with Crippen molar-refractivity contribution < 1.29 is 13.5 Å². The second-order valence-corrected chi connectivity index (χ2v) is 12.1. The van der Waals surface area contributed by atoms with Gasteiger partial charge in [0.15, 0.2) is 5.82 Å². The highest BCUT2D eigenvalue weighted by Crippen LogP contribution is 2.41. The van der Waals surface area contributed by atoms with Crippen LogP contribution in [0.1, 0.15) is 44.1 Å². The van der Waals surface area contributed by atoms with Crippen LogP contribution in [0.25, 0.3) is 32.9 Å². The summed E-state index contributed by atoms with van der Waals surface area (Å²) < 4.78 is 37.6. The summed E-state index contributed by atoms with van der Waals surface area (Å²) in [6.07, 6.45) is 14.1. The number of piperazine rings is 1. The molecule has 210 valence electrons. The molecule has 0 spiro atoms. The van der Waals surface area contributed by atoms with E-state index in [0.717, 1.165) is 51.9 Å². The zero-order valence-electron chi connectivity index (χ0n) is 22.9. The van der Waals surface area contributed by atoms with Gasteiger partial charge in [-0.2, -0.15) is 9.97 Å². The minimum Gasteiger partial charge on any atom is -0.461 e. The number of terminal acetylenes is 1. The van der Waals surface area contributed by atoms with E-state index in [9.17, 15) is 4.39 Å². The molecule has 2 aromatic carbocycles. The van der Waals surface area contributed by atoms with Crippen molar-refractivity contribution in [3.8, 4) is 29.5 Å². The van der Waals surface area contributed by atoms with Gasteiger partial charge in [-0.1, -0.05) is 12.0 Å². The molecule has 2 aromatic heterocycles. The third-order valence-corrected chi connectivity index (χ3v) is 9.79. The Balaban J connectivity index is 1.26. The molecule has 4 fully saturated rings. The number of aromatic nitrogens is 3. The first-order valence-corrected chi connectivity index (χ1v) is 14.7. The van der Waals surface area contributed by atoms with Crippen molar-refractivity contribution in [3.05, 3.63) is 47.7 Å². The number of rotatable bonds is 5. The van der Waals surface area contributed by atoms with Crippen molar-refractivity contribution >= 4 is 27.6 Å². The van der Waals surface area contributed by atoms with E-state index >= 15 is 4.39 Å². The summed E-state index contributed by atoms with van der Waals surface area (Å²) >= 11 is 0. The maximum absolute atomic E-state index is 16.6. The third kappa shape index (κ3) is 3.92. The fourth-order valence-electron chi connectivity index (χ4n) is 7.82. The van der Waals surface area contributed by atoms with Gasteiger partial charge < -0.3 is 19.9 Å². The van der Waals surface area contributed by atoms with E-state index in [1.807, 2.05) is 6.07 Å². The average molecular weight is 555 g/mol. The molecule has 2 atom stereocenters. The first-order chi connectivity index (χ1) is 20.0. The van der Waals surface area contributed by atoms with Crippen LogP contribution in [-0.2, 0) is 0 Å². The predicted molar refractivity (Wildman–Crippen MR) is 155 cm³/mol.